The maximum Gasteiger partial charge on any atom is 0.307 e. The van der Waals surface area contributed by atoms with Crippen molar-refractivity contribution >= 4 is 11.9 Å². The highest BCUT2D eigenvalue weighted by Crippen LogP contribution is 2.31. The number of aromatic nitrogens is 4. The molecular formula is C9H13N5O3. The standard InChI is InChI=1S/C9H13N5O3/c15-8(10-4-7-11-13-14-12-7)5-2-1-3-6(5)9(16)17/h5-6H,1-4H2,(H,10,15)(H,16,17)(H,11,12,13,14). The fraction of sp³-hybridized carbons (Fsp3) is 0.667. The normalized spacial score (nSPS) is 23.5. The first-order valence-electron chi connectivity index (χ1n) is 5.41. The van der Waals surface area contributed by atoms with Crippen LogP contribution in [0.3, 0.4) is 0 Å². The molecule has 2 rings (SSSR count). The van der Waals surface area contributed by atoms with E-state index in [9.17, 15) is 9.59 Å². The van der Waals surface area contributed by atoms with Crippen LogP contribution in [0.25, 0.3) is 0 Å². The number of carbonyl (C=O) groups is 2. The number of aliphatic carboxylic acids is 1. The predicted octanol–water partition coefficient (Wildman–Crippen LogP) is -0.683. The maximum absolute atomic E-state index is 11.8. The Labute approximate surface area is 96.8 Å². The predicted molar refractivity (Wildman–Crippen MR) is 54.5 cm³/mol. The van der Waals surface area contributed by atoms with Gasteiger partial charge in [-0.15, -0.1) is 10.2 Å². The molecule has 1 amide bonds. The molecule has 0 saturated heterocycles. The first-order chi connectivity index (χ1) is 8.18. The molecule has 0 spiro atoms. The molecule has 1 aliphatic carbocycles. The first-order valence-corrected chi connectivity index (χ1v) is 5.41. The molecule has 1 aliphatic rings. The second kappa shape index (κ2) is 4.89. The number of hydrogen-bond donors (Lipinski definition) is 3. The smallest absolute Gasteiger partial charge is 0.307 e. The number of amides is 1. The summed E-state index contributed by atoms with van der Waals surface area (Å²) in [6.07, 6.45) is 1.96. The number of rotatable bonds is 4. The molecule has 0 aliphatic heterocycles. The molecule has 8 nitrogen and oxygen atoms in total. The average molecular weight is 239 g/mol. The van der Waals surface area contributed by atoms with Crippen LogP contribution in [0.15, 0.2) is 0 Å². The summed E-state index contributed by atoms with van der Waals surface area (Å²) in [5, 5.41) is 24.6. The molecule has 17 heavy (non-hydrogen) atoms. The number of H-pyrrole nitrogens is 1. The monoisotopic (exact) mass is 239 g/mol. The van der Waals surface area contributed by atoms with E-state index in [-0.39, 0.29) is 12.5 Å². The van der Waals surface area contributed by atoms with Crippen molar-refractivity contribution in [3.8, 4) is 0 Å². The van der Waals surface area contributed by atoms with Gasteiger partial charge in [0.15, 0.2) is 5.82 Å². The van der Waals surface area contributed by atoms with Crippen molar-refractivity contribution in [2.75, 3.05) is 0 Å². The Bertz CT molecular complexity index is 405. The van der Waals surface area contributed by atoms with E-state index >= 15 is 0 Å². The molecule has 8 heteroatoms. The summed E-state index contributed by atoms with van der Waals surface area (Å²) in [7, 11) is 0. The number of tetrazole rings is 1. The van der Waals surface area contributed by atoms with Gasteiger partial charge in [0.1, 0.15) is 0 Å². The van der Waals surface area contributed by atoms with Crippen molar-refractivity contribution in [2.24, 2.45) is 11.8 Å². The van der Waals surface area contributed by atoms with Crippen LogP contribution in [0.4, 0.5) is 0 Å². The summed E-state index contributed by atoms with van der Waals surface area (Å²) >= 11 is 0. The average Bonchev–Trinajstić information content (AvgIpc) is 2.96. The summed E-state index contributed by atoms with van der Waals surface area (Å²) in [6.45, 7) is 0.165. The summed E-state index contributed by atoms with van der Waals surface area (Å²) in [5.74, 6) is -1.79. The van der Waals surface area contributed by atoms with Crippen LogP contribution >= 0.6 is 0 Å². The second-order valence-corrected chi connectivity index (χ2v) is 4.03. The van der Waals surface area contributed by atoms with Crippen LogP contribution < -0.4 is 5.32 Å². The van der Waals surface area contributed by atoms with E-state index in [4.69, 9.17) is 5.11 Å². The Morgan fingerprint density at radius 2 is 2.18 bits per heavy atom. The molecule has 3 N–H and O–H groups in total. The fourth-order valence-corrected chi connectivity index (χ4v) is 2.12. The largest absolute Gasteiger partial charge is 0.481 e. The lowest BCUT2D eigenvalue weighted by atomic mass is 9.95. The van der Waals surface area contributed by atoms with E-state index in [1.54, 1.807) is 0 Å². The lowest BCUT2D eigenvalue weighted by Gasteiger charge is -2.14. The summed E-state index contributed by atoms with van der Waals surface area (Å²) in [6, 6.07) is 0. The maximum atomic E-state index is 11.8. The number of carboxylic acid groups (broad SMARTS) is 1. The lowest BCUT2D eigenvalue weighted by molar-refractivity contribution is -0.146. The second-order valence-electron chi connectivity index (χ2n) is 4.03. The van der Waals surface area contributed by atoms with Gasteiger partial charge in [-0.1, -0.05) is 11.6 Å². The lowest BCUT2D eigenvalue weighted by Crippen LogP contribution is -2.35. The third-order valence-electron chi connectivity index (χ3n) is 2.98. The molecule has 0 aromatic carbocycles. The third-order valence-corrected chi connectivity index (χ3v) is 2.98. The minimum absolute atomic E-state index is 0.165. The molecule has 1 aromatic heterocycles. The van der Waals surface area contributed by atoms with E-state index in [1.165, 1.54) is 0 Å². The summed E-state index contributed by atoms with van der Waals surface area (Å²) < 4.78 is 0. The van der Waals surface area contributed by atoms with Crippen molar-refractivity contribution < 1.29 is 14.7 Å². The quantitative estimate of drug-likeness (QED) is 0.640. The third kappa shape index (κ3) is 2.58. The molecule has 0 bridgehead atoms. The Hall–Kier alpha value is -1.99. The van der Waals surface area contributed by atoms with Crippen molar-refractivity contribution in [3.05, 3.63) is 5.82 Å². The Morgan fingerprint density at radius 3 is 2.82 bits per heavy atom. The zero-order valence-electron chi connectivity index (χ0n) is 9.09. The number of nitrogens with one attached hydrogen (secondary N) is 2. The van der Waals surface area contributed by atoms with Crippen LogP contribution in [0.1, 0.15) is 25.1 Å². The minimum Gasteiger partial charge on any atom is -0.481 e. The number of carboxylic acids is 1. The topological polar surface area (TPSA) is 121 Å². The van der Waals surface area contributed by atoms with Crippen molar-refractivity contribution in [3.63, 3.8) is 0 Å². The van der Waals surface area contributed by atoms with E-state index in [0.29, 0.717) is 18.7 Å². The van der Waals surface area contributed by atoms with Crippen molar-refractivity contribution in [1.82, 2.24) is 25.9 Å². The number of aromatic amines is 1. The zero-order chi connectivity index (χ0) is 12.3. The molecule has 92 valence electrons. The molecule has 0 radical (unpaired) electrons. The molecule has 2 unspecified atom stereocenters. The van der Waals surface area contributed by atoms with E-state index in [0.717, 1.165) is 6.42 Å². The molecule has 2 atom stereocenters. The van der Waals surface area contributed by atoms with Crippen LogP contribution in [0.2, 0.25) is 0 Å². The minimum atomic E-state index is -0.901. The van der Waals surface area contributed by atoms with Gasteiger partial charge in [0.05, 0.1) is 18.4 Å². The highest BCUT2D eigenvalue weighted by Gasteiger charge is 2.37. The van der Waals surface area contributed by atoms with E-state index in [1.807, 2.05) is 0 Å². The van der Waals surface area contributed by atoms with Gasteiger partial charge in [-0.05, 0) is 12.8 Å². The zero-order valence-corrected chi connectivity index (χ0v) is 9.09. The van der Waals surface area contributed by atoms with Gasteiger partial charge in [-0.3, -0.25) is 9.59 Å². The van der Waals surface area contributed by atoms with Crippen LogP contribution in [0, 0.1) is 11.8 Å². The van der Waals surface area contributed by atoms with Gasteiger partial charge in [-0.2, -0.15) is 5.21 Å². The Kier molecular flexibility index (Phi) is 3.31. The van der Waals surface area contributed by atoms with Crippen LogP contribution in [-0.2, 0) is 16.1 Å². The van der Waals surface area contributed by atoms with Gasteiger partial charge >= 0.3 is 5.97 Å². The van der Waals surface area contributed by atoms with E-state index in [2.05, 4.69) is 25.9 Å². The van der Waals surface area contributed by atoms with Crippen molar-refractivity contribution in [2.45, 2.75) is 25.8 Å². The first kappa shape index (κ1) is 11.5. The molecule has 1 heterocycles. The summed E-state index contributed by atoms with van der Waals surface area (Å²) in [4.78, 5) is 22.7. The van der Waals surface area contributed by atoms with Gasteiger partial charge in [0.25, 0.3) is 0 Å². The number of carbonyl (C=O) groups excluding carboxylic acids is 1. The highest BCUT2D eigenvalue weighted by molar-refractivity contribution is 5.85. The van der Waals surface area contributed by atoms with Crippen LogP contribution in [0.5, 0.6) is 0 Å². The Balaban J connectivity index is 1.89. The van der Waals surface area contributed by atoms with E-state index < -0.39 is 17.8 Å². The number of nitrogens with zero attached hydrogens (tertiary/aromatic N) is 3. The van der Waals surface area contributed by atoms with Gasteiger partial charge in [0, 0.05) is 0 Å². The summed E-state index contributed by atoms with van der Waals surface area (Å²) in [5.41, 5.74) is 0. The number of hydrogen-bond acceptors (Lipinski definition) is 5. The van der Waals surface area contributed by atoms with Gasteiger partial charge in [0.2, 0.25) is 5.91 Å². The molecule has 1 fully saturated rings. The van der Waals surface area contributed by atoms with Gasteiger partial charge < -0.3 is 10.4 Å². The van der Waals surface area contributed by atoms with Gasteiger partial charge in [-0.25, -0.2) is 0 Å². The molecule has 1 saturated carbocycles. The fourth-order valence-electron chi connectivity index (χ4n) is 2.12. The highest BCUT2D eigenvalue weighted by atomic mass is 16.4. The Morgan fingerprint density at radius 1 is 1.41 bits per heavy atom. The van der Waals surface area contributed by atoms with Crippen molar-refractivity contribution in [1.29, 1.82) is 0 Å². The SMILES string of the molecule is O=C(O)C1CCCC1C(=O)NCc1nn[nH]n1. The molecule has 1 aromatic rings. The van der Waals surface area contributed by atoms with Crippen LogP contribution in [-0.4, -0.2) is 37.6 Å². The molecular weight excluding hydrogens is 226 g/mol.